The second kappa shape index (κ2) is 7.03. The number of benzene rings is 2. The zero-order valence-corrected chi connectivity index (χ0v) is 11.1. The summed E-state index contributed by atoms with van der Waals surface area (Å²) < 4.78 is 13.1. The summed E-state index contributed by atoms with van der Waals surface area (Å²) in [5.41, 5.74) is 1.77. The predicted molar refractivity (Wildman–Crippen MR) is 75.9 cm³/mol. The molecule has 1 unspecified atom stereocenters. The van der Waals surface area contributed by atoms with E-state index in [1.165, 1.54) is 12.1 Å². The number of phenols is 1. The average Bonchev–Trinajstić information content (AvgIpc) is 2.43. The van der Waals surface area contributed by atoms with Crippen LogP contribution in [0.25, 0.3) is 0 Å². The molecule has 2 aromatic carbocycles. The van der Waals surface area contributed by atoms with Gasteiger partial charge in [-0.15, -0.1) is 0 Å². The van der Waals surface area contributed by atoms with Crippen LogP contribution in [0.1, 0.15) is 11.1 Å². The number of phenolic OH excluding ortho intramolecular Hbond substituents is 1. The van der Waals surface area contributed by atoms with Crippen molar-refractivity contribution in [1.82, 2.24) is 5.32 Å². The SMILES string of the molecule is OCC(Cc1ccccc1)NCc1cc(O)cc(F)c1. The number of aromatic hydroxyl groups is 1. The number of halogens is 1. The standard InChI is InChI=1S/C16H18FNO2/c17-14-6-13(8-16(20)9-14)10-18-15(11-19)7-12-4-2-1-3-5-12/h1-6,8-9,15,18-20H,7,10-11H2. The second-order valence-corrected chi connectivity index (χ2v) is 4.77. The highest BCUT2D eigenvalue weighted by atomic mass is 19.1. The zero-order chi connectivity index (χ0) is 14.4. The van der Waals surface area contributed by atoms with Gasteiger partial charge in [-0.05, 0) is 29.7 Å². The lowest BCUT2D eigenvalue weighted by molar-refractivity contribution is 0.240. The number of hydrogen-bond donors (Lipinski definition) is 3. The van der Waals surface area contributed by atoms with Gasteiger partial charge in [-0.1, -0.05) is 30.3 Å². The third kappa shape index (κ3) is 4.33. The van der Waals surface area contributed by atoms with Crippen LogP contribution in [0.15, 0.2) is 48.5 Å². The fourth-order valence-electron chi connectivity index (χ4n) is 2.10. The van der Waals surface area contributed by atoms with Gasteiger partial charge >= 0.3 is 0 Å². The summed E-state index contributed by atoms with van der Waals surface area (Å²) >= 11 is 0. The molecule has 0 spiro atoms. The molecule has 0 bridgehead atoms. The summed E-state index contributed by atoms with van der Waals surface area (Å²) in [4.78, 5) is 0. The largest absolute Gasteiger partial charge is 0.508 e. The van der Waals surface area contributed by atoms with E-state index in [9.17, 15) is 14.6 Å². The van der Waals surface area contributed by atoms with Crippen LogP contribution < -0.4 is 5.32 Å². The van der Waals surface area contributed by atoms with Gasteiger partial charge < -0.3 is 15.5 Å². The minimum Gasteiger partial charge on any atom is -0.508 e. The van der Waals surface area contributed by atoms with Crippen LogP contribution in [0, 0.1) is 5.82 Å². The van der Waals surface area contributed by atoms with Gasteiger partial charge in [0.15, 0.2) is 0 Å². The third-order valence-electron chi connectivity index (χ3n) is 3.08. The molecule has 1 atom stereocenters. The molecule has 0 fully saturated rings. The van der Waals surface area contributed by atoms with Crippen LogP contribution in [0.4, 0.5) is 4.39 Å². The summed E-state index contributed by atoms with van der Waals surface area (Å²) in [5, 5.41) is 21.9. The highest BCUT2D eigenvalue weighted by molar-refractivity contribution is 5.28. The van der Waals surface area contributed by atoms with Crippen LogP contribution in [-0.2, 0) is 13.0 Å². The zero-order valence-electron chi connectivity index (χ0n) is 11.1. The van der Waals surface area contributed by atoms with E-state index in [1.54, 1.807) is 0 Å². The van der Waals surface area contributed by atoms with Crippen molar-refractivity contribution < 1.29 is 14.6 Å². The molecule has 0 aliphatic carbocycles. The molecule has 0 heterocycles. The lowest BCUT2D eigenvalue weighted by Crippen LogP contribution is -2.34. The molecule has 3 nitrogen and oxygen atoms in total. The Hall–Kier alpha value is -1.91. The minimum atomic E-state index is -0.467. The van der Waals surface area contributed by atoms with E-state index in [0.717, 1.165) is 11.6 Å². The molecular weight excluding hydrogens is 257 g/mol. The quantitative estimate of drug-likeness (QED) is 0.757. The molecule has 0 saturated heterocycles. The van der Waals surface area contributed by atoms with E-state index < -0.39 is 5.82 Å². The van der Waals surface area contributed by atoms with Crippen molar-refractivity contribution in [1.29, 1.82) is 0 Å². The number of rotatable bonds is 6. The Labute approximate surface area is 117 Å². The molecule has 3 N–H and O–H groups in total. The first-order valence-corrected chi connectivity index (χ1v) is 6.54. The van der Waals surface area contributed by atoms with Gasteiger partial charge in [-0.25, -0.2) is 4.39 Å². The highest BCUT2D eigenvalue weighted by Crippen LogP contribution is 2.14. The van der Waals surface area contributed by atoms with Crippen molar-refractivity contribution >= 4 is 0 Å². The van der Waals surface area contributed by atoms with Gasteiger partial charge in [-0.3, -0.25) is 0 Å². The summed E-state index contributed by atoms with van der Waals surface area (Å²) in [7, 11) is 0. The van der Waals surface area contributed by atoms with Crippen LogP contribution in [0.3, 0.4) is 0 Å². The molecule has 2 aromatic rings. The smallest absolute Gasteiger partial charge is 0.127 e. The minimum absolute atomic E-state index is 0.00378. The Morgan fingerprint density at radius 2 is 1.80 bits per heavy atom. The first-order chi connectivity index (χ1) is 9.67. The molecule has 0 aliphatic heterocycles. The molecule has 0 radical (unpaired) electrons. The molecule has 0 amide bonds. The lowest BCUT2D eigenvalue weighted by atomic mass is 10.1. The van der Waals surface area contributed by atoms with Gasteiger partial charge in [0, 0.05) is 18.7 Å². The predicted octanol–water partition coefficient (Wildman–Crippen LogP) is 2.22. The molecule has 0 aliphatic rings. The van der Waals surface area contributed by atoms with E-state index in [0.29, 0.717) is 18.5 Å². The molecule has 2 rings (SSSR count). The van der Waals surface area contributed by atoms with E-state index in [1.807, 2.05) is 30.3 Å². The Kier molecular flexibility index (Phi) is 5.09. The van der Waals surface area contributed by atoms with Gasteiger partial charge in [0.05, 0.1) is 6.61 Å². The molecule has 0 aromatic heterocycles. The summed E-state index contributed by atoms with van der Waals surface area (Å²) in [6.45, 7) is 0.388. The first kappa shape index (κ1) is 14.5. The van der Waals surface area contributed by atoms with Crippen molar-refractivity contribution in [2.75, 3.05) is 6.61 Å². The molecular formula is C16H18FNO2. The van der Waals surface area contributed by atoms with Gasteiger partial charge in [0.2, 0.25) is 0 Å². The van der Waals surface area contributed by atoms with Crippen molar-refractivity contribution in [2.24, 2.45) is 0 Å². The number of hydrogen-bond acceptors (Lipinski definition) is 3. The summed E-state index contributed by atoms with van der Waals surface area (Å²) in [6.07, 6.45) is 0.693. The highest BCUT2D eigenvalue weighted by Gasteiger charge is 2.08. The summed E-state index contributed by atoms with van der Waals surface area (Å²) in [6, 6.07) is 13.7. The topological polar surface area (TPSA) is 52.5 Å². The van der Waals surface area contributed by atoms with Crippen molar-refractivity contribution in [3.8, 4) is 5.75 Å². The molecule has 4 heteroatoms. The van der Waals surface area contributed by atoms with Crippen LogP contribution in [0.5, 0.6) is 5.75 Å². The van der Waals surface area contributed by atoms with Crippen molar-refractivity contribution in [3.63, 3.8) is 0 Å². The van der Waals surface area contributed by atoms with Crippen LogP contribution >= 0.6 is 0 Å². The van der Waals surface area contributed by atoms with Crippen LogP contribution in [-0.4, -0.2) is 22.9 Å². The van der Waals surface area contributed by atoms with E-state index >= 15 is 0 Å². The summed E-state index contributed by atoms with van der Waals surface area (Å²) in [5.74, 6) is -0.559. The molecule has 106 valence electrons. The van der Waals surface area contributed by atoms with Crippen LogP contribution in [0.2, 0.25) is 0 Å². The third-order valence-corrected chi connectivity index (χ3v) is 3.08. The monoisotopic (exact) mass is 275 g/mol. The Bertz CT molecular complexity index is 525. The fraction of sp³-hybridized carbons (Fsp3) is 0.250. The maximum absolute atomic E-state index is 13.1. The van der Waals surface area contributed by atoms with E-state index in [4.69, 9.17) is 0 Å². The Balaban J connectivity index is 1.93. The van der Waals surface area contributed by atoms with Crippen molar-refractivity contribution in [2.45, 2.75) is 19.0 Å². The first-order valence-electron chi connectivity index (χ1n) is 6.54. The van der Waals surface area contributed by atoms with Crippen molar-refractivity contribution in [3.05, 3.63) is 65.5 Å². The Morgan fingerprint density at radius 3 is 2.45 bits per heavy atom. The normalized spacial score (nSPS) is 12.3. The maximum atomic E-state index is 13.1. The van der Waals surface area contributed by atoms with E-state index in [-0.39, 0.29) is 18.4 Å². The van der Waals surface area contributed by atoms with E-state index in [2.05, 4.69) is 5.32 Å². The maximum Gasteiger partial charge on any atom is 0.127 e. The van der Waals surface area contributed by atoms with Gasteiger partial charge in [0.25, 0.3) is 0 Å². The lowest BCUT2D eigenvalue weighted by Gasteiger charge is -2.16. The second-order valence-electron chi connectivity index (χ2n) is 4.77. The Morgan fingerprint density at radius 1 is 1.05 bits per heavy atom. The number of aliphatic hydroxyl groups is 1. The average molecular weight is 275 g/mol. The molecule has 20 heavy (non-hydrogen) atoms. The fourth-order valence-corrected chi connectivity index (χ4v) is 2.10. The van der Waals surface area contributed by atoms with Gasteiger partial charge in [0.1, 0.15) is 11.6 Å². The van der Waals surface area contributed by atoms with Gasteiger partial charge in [-0.2, -0.15) is 0 Å². The number of nitrogens with one attached hydrogen (secondary N) is 1. The molecule has 0 saturated carbocycles. The number of aliphatic hydroxyl groups excluding tert-OH is 1.